The summed E-state index contributed by atoms with van der Waals surface area (Å²) in [5, 5.41) is 7.46. The number of nitrogens with zero attached hydrogens (tertiary/aromatic N) is 3. The van der Waals surface area contributed by atoms with Crippen molar-refractivity contribution >= 4 is 11.6 Å². The first-order valence-electron chi connectivity index (χ1n) is 8.99. The first kappa shape index (κ1) is 15.0. The third kappa shape index (κ3) is 2.30. The van der Waals surface area contributed by atoms with Crippen molar-refractivity contribution in [1.82, 2.24) is 14.8 Å². The number of nitrogens with one attached hydrogen (secondary N) is 1. The van der Waals surface area contributed by atoms with Gasteiger partial charge in [0.2, 0.25) is 5.91 Å². The number of hydrogen-bond donors (Lipinski definition) is 1. The van der Waals surface area contributed by atoms with Gasteiger partial charge >= 0.3 is 0 Å². The molecule has 25 heavy (non-hydrogen) atoms. The maximum absolute atomic E-state index is 13.2. The molecule has 2 aromatic rings. The Hall–Kier alpha value is -2.24. The van der Waals surface area contributed by atoms with Crippen LogP contribution in [0.2, 0.25) is 0 Å². The van der Waals surface area contributed by atoms with E-state index in [1.165, 1.54) is 18.6 Å². The van der Waals surface area contributed by atoms with E-state index in [9.17, 15) is 9.18 Å². The van der Waals surface area contributed by atoms with Gasteiger partial charge in [-0.25, -0.2) is 14.1 Å². The molecule has 0 aliphatic heterocycles. The van der Waals surface area contributed by atoms with Crippen LogP contribution < -0.4 is 5.32 Å². The number of amides is 1. The summed E-state index contributed by atoms with van der Waals surface area (Å²) in [6, 6.07) is 6.01. The normalized spacial score (nSPS) is 35.7. The van der Waals surface area contributed by atoms with Crippen LogP contribution >= 0.6 is 0 Å². The van der Waals surface area contributed by atoms with Gasteiger partial charge in [0.05, 0.1) is 11.0 Å². The van der Waals surface area contributed by atoms with Gasteiger partial charge in [-0.1, -0.05) is 0 Å². The fraction of sp³-hybridized carbons (Fsp3) is 0.526. The number of hydrogen-bond acceptors (Lipinski definition) is 3. The highest BCUT2D eigenvalue weighted by atomic mass is 19.1. The first-order valence-corrected chi connectivity index (χ1v) is 8.99. The highest BCUT2D eigenvalue weighted by molar-refractivity contribution is 5.95. The summed E-state index contributed by atoms with van der Waals surface area (Å²) in [4.78, 5) is 17.4. The fourth-order valence-corrected chi connectivity index (χ4v) is 6.00. The molecule has 1 aromatic carbocycles. The van der Waals surface area contributed by atoms with Crippen molar-refractivity contribution in [2.45, 2.75) is 44.1 Å². The molecular weight excluding hydrogens is 319 g/mol. The van der Waals surface area contributed by atoms with E-state index in [-0.39, 0.29) is 22.7 Å². The Balaban J connectivity index is 1.46. The van der Waals surface area contributed by atoms with Gasteiger partial charge in [0.15, 0.2) is 0 Å². The topological polar surface area (TPSA) is 59.8 Å². The Morgan fingerprint density at radius 1 is 1.16 bits per heavy atom. The monoisotopic (exact) mass is 340 g/mol. The minimum absolute atomic E-state index is 0.0687. The van der Waals surface area contributed by atoms with E-state index in [2.05, 4.69) is 15.4 Å². The number of halogens is 1. The minimum atomic E-state index is -0.343. The lowest BCUT2D eigenvalue weighted by Gasteiger charge is -2.60. The van der Waals surface area contributed by atoms with Crippen LogP contribution in [-0.2, 0) is 10.3 Å². The molecule has 0 saturated heterocycles. The van der Waals surface area contributed by atoms with Gasteiger partial charge in [-0.2, -0.15) is 5.10 Å². The largest absolute Gasteiger partial charge is 0.326 e. The first-order chi connectivity index (χ1) is 12.1. The number of anilines is 1. The van der Waals surface area contributed by atoms with Crippen molar-refractivity contribution in [3.8, 4) is 0 Å². The summed E-state index contributed by atoms with van der Waals surface area (Å²) in [6.07, 6.45) is 9.53. The van der Waals surface area contributed by atoms with Gasteiger partial charge in [-0.15, -0.1) is 0 Å². The van der Waals surface area contributed by atoms with Crippen LogP contribution in [0.5, 0.6) is 0 Å². The molecule has 1 aromatic heterocycles. The highest BCUT2D eigenvalue weighted by Crippen LogP contribution is 2.64. The second-order valence-corrected chi connectivity index (χ2v) is 8.27. The van der Waals surface area contributed by atoms with Crippen LogP contribution in [0.4, 0.5) is 10.1 Å². The molecule has 0 radical (unpaired) electrons. The Morgan fingerprint density at radius 2 is 1.88 bits per heavy atom. The van der Waals surface area contributed by atoms with Crippen LogP contribution in [0.25, 0.3) is 0 Å². The highest BCUT2D eigenvalue weighted by Gasteiger charge is 2.61. The summed E-state index contributed by atoms with van der Waals surface area (Å²) in [6.45, 7) is 0. The Labute approximate surface area is 145 Å². The number of aromatic nitrogens is 3. The summed E-state index contributed by atoms with van der Waals surface area (Å²) < 4.78 is 15.1. The molecule has 2 atom stereocenters. The number of rotatable bonds is 3. The molecule has 4 fully saturated rings. The summed E-state index contributed by atoms with van der Waals surface area (Å²) in [5.41, 5.74) is 0.252. The van der Waals surface area contributed by atoms with Gasteiger partial charge in [0, 0.05) is 5.69 Å². The molecule has 1 heterocycles. The van der Waals surface area contributed by atoms with Crippen molar-refractivity contribution in [2.24, 2.45) is 17.3 Å². The van der Waals surface area contributed by atoms with Gasteiger partial charge in [0.1, 0.15) is 18.5 Å². The van der Waals surface area contributed by atoms with Crippen molar-refractivity contribution < 1.29 is 9.18 Å². The molecule has 1 amide bonds. The van der Waals surface area contributed by atoms with Crippen molar-refractivity contribution in [3.63, 3.8) is 0 Å². The molecule has 0 spiro atoms. The summed E-state index contributed by atoms with van der Waals surface area (Å²) in [7, 11) is 0. The van der Waals surface area contributed by atoms with E-state index >= 15 is 0 Å². The zero-order valence-electron chi connectivity index (χ0n) is 14.0. The zero-order chi connectivity index (χ0) is 17.1. The molecule has 4 saturated carbocycles. The van der Waals surface area contributed by atoms with Crippen molar-refractivity contribution in [2.75, 3.05) is 5.32 Å². The van der Waals surface area contributed by atoms with E-state index in [1.54, 1.807) is 24.8 Å². The second kappa shape index (κ2) is 5.13. The van der Waals surface area contributed by atoms with E-state index < -0.39 is 0 Å². The predicted molar refractivity (Wildman–Crippen MR) is 90.1 cm³/mol. The van der Waals surface area contributed by atoms with E-state index in [0.29, 0.717) is 17.5 Å². The van der Waals surface area contributed by atoms with E-state index in [1.807, 2.05) is 4.68 Å². The van der Waals surface area contributed by atoms with Crippen LogP contribution in [0.3, 0.4) is 0 Å². The lowest BCUT2D eigenvalue weighted by molar-refractivity contribution is -0.150. The summed E-state index contributed by atoms with van der Waals surface area (Å²) in [5.74, 6) is 0.935. The predicted octanol–water partition coefficient (Wildman–Crippen LogP) is 3.35. The van der Waals surface area contributed by atoms with Gasteiger partial charge < -0.3 is 5.32 Å². The lowest BCUT2D eigenvalue weighted by Crippen LogP contribution is -2.60. The minimum Gasteiger partial charge on any atom is -0.326 e. The maximum atomic E-state index is 13.2. The average molecular weight is 340 g/mol. The SMILES string of the molecule is O=C(Nc1ccc(F)cc1)C12CC3CC(C1)CC(n1cncn1)(C3)C2. The van der Waals surface area contributed by atoms with E-state index in [0.717, 1.165) is 32.1 Å². The molecular formula is C19H21FN4O. The lowest BCUT2D eigenvalue weighted by atomic mass is 9.46. The number of carbonyl (C=O) groups excluding carboxylic acids is 1. The molecule has 5 nitrogen and oxygen atoms in total. The molecule has 6 heteroatoms. The van der Waals surface area contributed by atoms with Crippen molar-refractivity contribution in [1.29, 1.82) is 0 Å². The van der Waals surface area contributed by atoms with Gasteiger partial charge in [-0.05, 0) is 74.6 Å². The Bertz CT molecular complexity index is 787. The van der Waals surface area contributed by atoms with E-state index in [4.69, 9.17) is 0 Å². The molecule has 1 N–H and O–H groups in total. The third-order valence-electron chi connectivity index (χ3n) is 6.52. The maximum Gasteiger partial charge on any atom is 0.230 e. The zero-order valence-corrected chi connectivity index (χ0v) is 14.0. The van der Waals surface area contributed by atoms with Crippen LogP contribution in [0.1, 0.15) is 38.5 Å². The molecule has 4 bridgehead atoms. The van der Waals surface area contributed by atoms with Crippen molar-refractivity contribution in [3.05, 3.63) is 42.7 Å². The Morgan fingerprint density at radius 3 is 2.52 bits per heavy atom. The van der Waals surface area contributed by atoms with Gasteiger partial charge in [0.25, 0.3) is 0 Å². The second-order valence-electron chi connectivity index (χ2n) is 8.27. The van der Waals surface area contributed by atoms with Gasteiger partial charge in [-0.3, -0.25) is 4.79 Å². The molecule has 4 aliphatic rings. The summed E-state index contributed by atoms with van der Waals surface area (Å²) >= 11 is 0. The molecule has 6 rings (SSSR count). The molecule has 2 unspecified atom stereocenters. The smallest absolute Gasteiger partial charge is 0.230 e. The standard InChI is InChI=1S/C19H21FN4O/c20-15-1-3-16(4-2-15)23-17(25)18-6-13-5-14(7-18)9-19(8-13,10-18)24-12-21-11-22-24/h1-4,11-14H,5-10H2,(H,23,25). The fourth-order valence-electron chi connectivity index (χ4n) is 6.00. The number of carbonyl (C=O) groups is 1. The molecule has 4 aliphatic carbocycles. The van der Waals surface area contributed by atoms with Crippen LogP contribution in [0.15, 0.2) is 36.9 Å². The quantitative estimate of drug-likeness (QED) is 0.932. The molecule has 130 valence electrons. The average Bonchev–Trinajstić information content (AvgIpc) is 3.11. The van der Waals surface area contributed by atoms with Crippen LogP contribution in [0, 0.1) is 23.1 Å². The van der Waals surface area contributed by atoms with Crippen LogP contribution in [-0.4, -0.2) is 20.7 Å². The number of benzene rings is 1. The third-order valence-corrected chi connectivity index (χ3v) is 6.52. The Kier molecular flexibility index (Phi) is 3.09.